The fourth-order valence-electron chi connectivity index (χ4n) is 3.57. The fourth-order valence-corrected chi connectivity index (χ4v) is 3.75. The molecule has 7 nitrogen and oxygen atoms in total. The van der Waals surface area contributed by atoms with E-state index in [0.717, 1.165) is 10.5 Å². The van der Waals surface area contributed by atoms with E-state index in [9.17, 15) is 14.4 Å². The van der Waals surface area contributed by atoms with Crippen molar-refractivity contribution in [2.45, 2.75) is 19.9 Å². The minimum atomic E-state index is -1.04. The third kappa shape index (κ3) is 3.17. The van der Waals surface area contributed by atoms with Gasteiger partial charge in [0.1, 0.15) is 12.0 Å². The van der Waals surface area contributed by atoms with Crippen molar-refractivity contribution >= 4 is 46.5 Å². The zero-order chi connectivity index (χ0) is 20.7. The van der Waals surface area contributed by atoms with E-state index in [2.05, 4.69) is 5.10 Å². The molecule has 2 aliphatic heterocycles. The molecule has 0 spiro atoms. The van der Waals surface area contributed by atoms with E-state index in [0.29, 0.717) is 16.4 Å². The van der Waals surface area contributed by atoms with Gasteiger partial charge in [-0.25, -0.2) is 9.69 Å². The predicted octanol–water partition coefficient (Wildman–Crippen LogP) is 2.95. The number of anilines is 2. The van der Waals surface area contributed by atoms with Gasteiger partial charge in [0.2, 0.25) is 5.91 Å². The van der Waals surface area contributed by atoms with Crippen LogP contribution in [0.2, 0.25) is 5.02 Å². The van der Waals surface area contributed by atoms with Gasteiger partial charge < -0.3 is 4.74 Å². The van der Waals surface area contributed by atoms with Crippen LogP contribution in [-0.4, -0.2) is 36.1 Å². The minimum Gasteiger partial charge on any atom is -0.461 e. The maximum Gasteiger partial charge on any atom is 0.355 e. The lowest BCUT2D eigenvalue weighted by Crippen LogP contribution is -2.39. The summed E-state index contributed by atoms with van der Waals surface area (Å²) in [4.78, 5) is 40.0. The normalized spacial score (nSPS) is 20.7. The summed E-state index contributed by atoms with van der Waals surface area (Å²) in [5, 5.41) is 6.15. The summed E-state index contributed by atoms with van der Waals surface area (Å²) >= 11 is 6.04. The van der Waals surface area contributed by atoms with Crippen LogP contribution in [0, 0.1) is 12.8 Å². The number of benzene rings is 2. The van der Waals surface area contributed by atoms with Crippen LogP contribution in [0.3, 0.4) is 0 Å². The second kappa shape index (κ2) is 7.33. The van der Waals surface area contributed by atoms with Crippen LogP contribution < -0.4 is 9.91 Å². The number of amides is 2. The molecule has 4 rings (SSSR count). The number of hydrazone groups is 1. The maximum absolute atomic E-state index is 13.3. The molecule has 2 aromatic rings. The van der Waals surface area contributed by atoms with E-state index in [1.807, 2.05) is 19.1 Å². The number of hydrogen-bond acceptors (Lipinski definition) is 6. The van der Waals surface area contributed by atoms with Gasteiger partial charge in [-0.3, -0.25) is 14.6 Å². The third-order valence-corrected chi connectivity index (χ3v) is 5.13. The second-order valence-electron chi connectivity index (χ2n) is 6.80. The molecule has 1 saturated heterocycles. The number of carbonyl (C=O) groups is 3. The van der Waals surface area contributed by atoms with Crippen LogP contribution in [0.4, 0.5) is 11.4 Å². The number of halogens is 1. The molecule has 2 atom stereocenters. The molecule has 29 heavy (non-hydrogen) atoms. The quantitative estimate of drug-likeness (QED) is 0.571. The Morgan fingerprint density at radius 3 is 2.48 bits per heavy atom. The summed E-state index contributed by atoms with van der Waals surface area (Å²) in [5.41, 5.74) is 1.93. The molecule has 8 heteroatoms. The number of nitrogens with zero attached hydrogens (tertiary/aromatic N) is 3. The Morgan fingerprint density at radius 2 is 1.83 bits per heavy atom. The average molecular weight is 412 g/mol. The van der Waals surface area contributed by atoms with E-state index in [1.165, 1.54) is 11.1 Å². The Labute approximate surface area is 172 Å². The van der Waals surface area contributed by atoms with E-state index in [-0.39, 0.29) is 12.3 Å². The highest BCUT2D eigenvalue weighted by Crippen LogP contribution is 2.38. The van der Waals surface area contributed by atoms with Gasteiger partial charge in [-0.2, -0.15) is 5.10 Å². The molecule has 0 N–H and O–H groups in total. The van der Waals surface area contributed by atoms with Gasteiger partial charge in [0.05, 0.1) is 18.0 Å². The Morgan fingerprint density at radius 1 is 1.10 bits per heavy atom. The number of fused-ring (bicyclic) bond motifs is 1. The van der Waals surface area contributed by atoms with E-state index in [4.69, 9.17) is 16.3 Å². The summed E-state index contributed by atoms with van der Waals surface area (Å²) in [6.07, 6.45) is 0. The number of carbonyl (C=O) groups excluding carboxylic acids is 3. The Bertz CT molecular complexity index is 1030. The number of imide groups is 1. The van der Waals surface area contributed by atoms with Gasteiger partial charge in [0, 0.05) is 5.02 Å². The van der Waals surface area contributed by atoms with Gasteiger partial charge in [-0.1, -0.05) is 35.4 Å². The first-order chi connectivity index (χ1) is 13.9. The van der Waals surface area contributed by atoms with Crippen LogP contribution in [0.5, 0.6) is 0 Å². The first-order valence-electron chi connectivity index (χ1n) is 9.17. The molecule has 2 heterocycles. The molecular formula is C21H18ClN3O4. The fraction of sp³-hybridized carbons (Fsp3) is 0.238. The lowest BCUT2D eigenvalue weighted by Gasteiger charge is -2.22. The van der Waals surface area contributed by atoms with Crippen molar-refractivity contribution in [3.63, 3.8) is 0 Å². The van der Waals surface area contributed by atoms with E-state index >= 15 is 0 Å². The van der Waals surface area contributed by atoms with Crippen LogP contribution in [0.25, 0.3) is 0 Å². The Kier molecular flexibility index (Phi) is 4.84. The van der Waals surface area contributed by atoms with Crippen LogP contribution in [0.1, 0.15) is 12.5 Å². The molecule has 0 saturated carbocycles. The Balaban J connectivity index is 1.79. The molecule has 2 unspecified atom stereocenters. The smallest absolute Gasteiger partial charge is 0.355 e. The zero-order valence-corrected chi connectivity index (χ0v) is 16.6. The van der Waals surface area contributed by atoms with Crippen molar-refractivity contribution in [1.29, 1.82) is 0 Å². The molecule has 0 aliphatic carbocycles. The summed E-state index contributed by atoms with van der Waals surface area (Å²) < 4.78 is 5.08. The maximum atomic E-state index is 13.3. The van der Waals surface area contributed by atoms with Crippen molar-refractivity contribution in [2.24, 2.45) is 11.0 Å². The molecule has 2 amide bonds. The minimum absolute atomic E-state index is 0.0692. The summed E-state index contributed by atoms with van der Waals surface area (Å²) in [5.74, 6) is -2.73. The van der Waals surface area contributed by atoms with Crippen molar-refractivity contribution in [3.8, 4) is 0 Å². The molecule has 2 aliphatic rings. The Hall–Kier alpha value is -3.19. The van der Waals surface area contributed by atoms with Crippen molar-refractivity contribution in [3.05, 3.63) is 59.1 Å². The molecule has 0 bridgehead atoms. The highest BCUT2D eigenvalue weighted by atomic mass is 35.5. The number of esters is 1. The summed E-state index contributed by atoms with van der Waals surface area (Å²) in [6.45, 7) is 3.75. The van der Waals surface area contributed by atoms with Gasteiger partial charge in [0.25, 0.3) is 5.91 Å². The standard InChI is InChI=1S/C21H18ClN3O4/c1-3-29-21(28)17-16-18(25(23-17)14-9-7-12(2)8-10-14)20(27)24(19(16)26)15-6-4-5-13(22)11-15/h4-11,16,18H,3H2,1-2H3. The molecule has 0 aromatic heterocycles. The molecular weight excluding hydrogens is 394 g/mol. The van der Waals surface area contributed by atoms with Gasteiger partial charge in [-0.15, -0.1) is 0 Å². The summed E-state index contributed by atoms with van der Waals surface area (Å²) in [7, 11) is 0. The molecule has 2 aromatic carbocycles. The van der Waals surface area contributed by atoms with Gasteiger partial charge in [-0.05, 0) is 44.2 Å². The van der Waals surface area contributed by atoms with E-state index in [1.54, 1.807) is 37.3 Å². The first-order valence-corrected chi connectivity index (χ1v) is 9.55. The molecule has 148 valence electrons. The second-order valence-corrected chi connectivity index (χ2v) is 7.24. The lowest BCUT2D eigenvalue weighted by molar-refractivity contribution is -0.136. The van der Waals surface area contributed by atoms with Gasteiger partial charge >= 0.3 is 5.97 Å². The van der Waals surface area contributed by atoms with Crippen molar-refractivity contribution < 1.29 is 19.1 Å². The first kappa shape index (κ1) is 19.1. The molecule has 0 radical (unpaired) electrons. The van der Waals surface area contributed by atoms with Gasteiger partial charge in [0.15, 0.2) is 5.71 Å². The SMILES string of the molecule is CCOC(=O)C1=NN(c2ccc(C)cc2)C2C(=O)N(c3cccc(Cl)c3)C(=O)C12. The van der Waals surface area contributed by atoms with Crippen molar-refractivity contribution in [2.75, 3.05) is 16.5 Å². The summed E-state index contributed by atoms with van der Waals surface area (Å²) in [6, 6.07) is 12.9. The number of hydrogen-bond donors (Lipinski definition) is 0. The topological polar surface area (TPSA) is 79.3 Å². The van der Waals surface area contributed by atoms with E-state index < -0.39 is 29.7 Å². The lowest BCUT2D eigenvalue weighted by atomic mass is 9.97. The zero-order valence-electron chi connectivity index (χ0n) is 15.8. The highest BCUT2D eigenvalue weighted by molar-refractivity contribution is 6.47. The highest BCUT2D eigenvalue weighted by Gasteiger charge is 2.59. The average Bonchev–Trinajstić information content (AvgIpc) is 3.20. The van der Waals surface area contributed by atoms with Crippen molar-refractivity contribution in [1.82, 2.24) is 0 Å². The third-order valence-electron chi connectivity index (χ3n) is 4.90. The van der Waals surface area contributed by atoms with Crippen LogP contribution in [0.15, 0.2) is 53.6 Å². The number of rotatable bonds is 4. The monoisotopic (exact) mass is 411 g/mol. The number of ether oxygens (including phenoxy) is 1. The van der Waals surface area contributed by atoms with Crippen LogP contribution >= 0.6 is 11.6 Å². The largest absolute Gasteiger partial charge is 0.461 e. The predicted molar refractivity (Wildman–Crippen MR) is 109 cm³/mol. The number of aryl methyl sites for hydroxylation is 1. The van der Waals surface area contributed by atoms with Crippen LogP contribution in [-0.2, 0) is 19.1 Å². The molecule has 1 fully saturated rings.